The summed E-state index contributed by atoms with van der Waals surface area (Å²) in [7, 11) is 0. The first-order chi connectivity index (χ1) is 13.9. The number of aromatic nitrogens is 2. The Morgan fingerprint density at radius 3 is 2.28 bits per heavy atom. The van der Waals surface area contributed by atoms with Crippen molar-refractivity contribution in [1.29, 1.82) is 0 Å². The van der Waals surface area contributed by atoms with Gasteiger partial charge in [-0.2, -0.15) is 0 Å². The van der Waals surface area contributed by atoms with Crippen LogP contribution in [0.2, 0.25) is 0 Å². The van der Waals surface area contributed by atoms with E-state index in [1.807, 2.05) is 45.0 Å². The summed E-state index contributed by atoms with van der Waals surface area (Å²) < 4.78 is 11.3. The lowest BCUT2D eigenvalue weighted by Gasteiger charge is -2.43. The molecule has 0 spiro atoms. The Bertz CT molecular complexity index is 838. The molecular weight excluding hydrogens is 368 g/mol. The molecule has 1 unspecified atom stereocenters. The van der Waals surface area contributed by atoms with Crippen LogP contribution in [0.1, 0.15) is 33.6 Å². The second kappa shape index (κ2) is 7.99. The van der Waals surface area contributed by atoms with Crippen LogP contribution in [0.4, 0.5) is 10.5 Å². The normalized spacial score (nSPS) is 23.5. The highest BCUT2D eigenvalue weighted by Crippen LogP contribution is 2.30. The van der Waals surface area contributed by atoms with Gasteiger partial charge in [-0.1, -0.05) is 12.1 Å². The number of nitrogens with zero attached hydrogens (tertiary/aromatic N) is 3. The Morgan fingerprint density at radius 1 is 1.07 bits per heavy atom. The zero-order valence-corrected chi connectivity index (χ0v) is 17.2. The van der Waals surface area contributed by atoms with Crippen LogP contribution >= 0.6 is 0 Å². The highest BCUT2D eigenvalue weighted by molar-refractivity contribution is 5.85. The first-order valence-corrected chi connectivity index (χ1v) is 10.2. The summed E-state index contributed by atoms with van der Waals surface area (Å²) in [5, 5.41) is 2.73. The third-order valence-corrected chi connectivity index (χ3v) is 5.34. The van der Waals surface area contributed by atoms with Crippen molar-refractivity contribution in [2.24, 2.45) is 5.92 Å². The van der Waals surface area contributed by atoms with E-state index in [0.29, 0.717) is 17.6 Å². The molecule has 0 saturated carbocycles. The molecule has 1 atom stereocenters. The number of hydrogen-bond donors (Lipinski definition) is 1. The Morgan fingerprint density at radius 2 is 1.72 bits per heavy atom. The zero-order valence-electron chi connectivity index (χ0n) is 17.2. The van der Waals surface area contributed by atoms with Crippen molar-refractivity contribution >= 4 is 11.8 Å². The molecule has 3 saturated heterocycles. The molecule has 3 aliphatic heterocycles. The predicted octanol–water partition coefficient (Wildman–Crippen LogP) is 3.96. The number of rotatable bonds is 4. The van der Waals surface area contributed by atoms with E-state index in [1.165, 1.54) is 25.9 Å². The van der Waals surface area contributed by atoms with Gasteiger partial charge in [0.25, 0.3) is 0 Å². The summed E-state index contributed by atoms with van der Waals surface area (Å²) in [6.07, 6.45) is 5.68. The molecule has 1 amide bonds. The fourth-order valence-corrected chi connectivity index (χ4v) is 3.87. The Balaban J connectivity index is 1.36. The molecule has 2 aromatic rings. The Labute approximate surface area is 171 Å². The minimum Gasteiger partial charge on any atom is -0.458 e. The molecule has 0 radical (unpaired) electrons. The fourth-order valence-electron chi connectivity index (χ4n) is 3.87. The molecule has 4 heterocycles. The fraction of sp³-hybridized carbons (Fsp3) is 0.500. The third kappa shape index (κ3) is 5.03. The average Bonchev–Trinajstić information content (AvgIpc) is 2.69. The number of amides is 1. The van der Waals surface area contributed by atoms with Crippen LogP contribution in [-0.2, 0) is 4.74 Å². The van der Waals surface area contributed by atoms with Crippen molar-refractivity contribution in [3.8, 4) is 17.1 Å². The van der Waals surface area contributed by atoms with Crippen LogP contribution in [0.25, 0.3) is 11.1 Å². The summed E-state index contributed by atoms with van der Waals surface area (Å²) in [6.45, 7) is 8.84. The van der Waals surface area contributed by atoms with E-state index in [-0.39, 0.29) is 6.10 Å². The van der Waals surface area contributed by atoms with Crippen LogP contribution in [0, 0.1) is 5.92 Å². The number of carbonyl (C=O) groups is 1. The summed E-state index contributed by atoms with van der Waals surface area (Å²) in [6, 6.07) is 7.93. The molecule has 1 aromatic carbocycles. The minimum absolute atomic E-state index is 0.196. The van der Waals surface area contributed by atoms with Crippen LogP contribution in [0.5, 0.6) is 6.01 Å². The van der Waals surface area contributed by atoms with E-state index in [9.17, 15) is 4.79 Å². The predicted molar refractivity (Wildman–Crippen MR) is 111 cm³/mol. The molecule has 3 fully saturated rings. The van der Waals surface area contributed by atoms with Crippen molar-refractivity contribution < 1.29 is 14.3 Å². The third-order valence-electron chi connectivity index (χ3n) is 5.34. The number of benzene rings is 1. The van der Waals surface area contributed by atoms with Gasteiger partial charge in [0.1, 0.15) is 11.7 Å². The molecule has 2 bridgehead atoms. The van der Waals surface area contributed by atoms with E-state index in [0.717, 1.165) is 17.7 Å². The Kier molecular flexibility index (Phi) is 5.41. The van der Waals surface area contributed by atoms with Gasteiger partial charge < -0.3 is 9.47 Å². The first-order valence-electron chi connectivity index (χ1n) is 10.2. The first kappa shape index (κ1) is 19.6. The van der Waals surface area contributed by atoms with Crippen LogP contribution < -0.4 is 10.1 Å². The van der Waals surface area contributed by atoms with Gasteiger partial charge in [-0.3, -0.25) is 10.2 Å². The van der Waals surface area contributed by atoms with E-state index in [2.05, 4.69) is 20.2 Å². The van der Waals surface area contributed by atoms with Gasteiger partial charge in [0.2, 0.25) is 0 Å². The quantitative estimate of drug-likeness (QED) is 0.843. The van der Waals surface area contributed by atoms with Gasteiger partial charge in [0, 0.05) is 30.2 Å². The van der Waals surface area contributed by atoms with Crippen LogP contribution in [0.3, 0.4) is 0 Å². The van der Waals surface area contributed by atoms with Crippen LogP contribution in [-0.4, -0.2) is 52.3 Å². The second-order valence-electron chi connectivity index (χ2n) is 8.75. The molecule has 7 nitrogen and oxygen atoms in total. The number of ether oxygens (including phenoxy) is 2. The summed E-state index contributed by atoms with van der Waals surface area (Å²) in [5.41, 5.74) is 2.01. The van der Waals surface area contributed by atoms with Crippen molar-refractivity contribution in [3.05, 3.63) is 36.7 Å². The smallest absolute Gasteiger partial charge is 0.412 e. The van der Waals surface area contributed by atoms with E-state index >= 15 is 0 Å². The summed E-state index contributed by atoms with van der Waals surface area (Å²) >= 11 is 0. The maximum absolute atomic E-state index is 11.9. The molecular formula is C22H28N4O3. The summed E-state index contributed by atoms with van der Waals surface area (Å²) in [5.74, 6) is 0.619. The average molecular weight is 396 g/mol. The van der Waals surface area contributed by atoms with Crippen molar-refractivity contribution in [3.63, 3.8) is 0 Å². The lowest BCUT2D eigenvalue weighted by Crippen LogP contribution is -2.52. The van der Waals surface area contributed by atoms with Gasteiger partial charge >= 0.3 is 12.1 Å². The largest absolute Gasteiger partial charge is 0.458 e. The van der Waals surface area contributed by atoms with Gasteiger partial charge in [-0.25, -0.2) is 14.8 Å². The maximum atomic E-state index is 11.9. The number of hydrogen-bond acceptors (Lipinski definition) is 6. The number of nitrogens with one attached hydrogen (secondary N) is 1. The van der Waals surface area contributed by atoms with Crippen molar-refractivity contribution in [2.45, 2.75) is 45.3 Å². The Hall–Kier alpha value is -2.67. The minimum atomic E-state index is -0.528. The highest BCUT2D eigenvalue weighted by atomic mass is 16.6. The van der Waals surface area contributed by atoms with Gasteiger partial charge in [-0.15, -0.1) is 0 Å². The molecule has 7 heteroatoms. The topological polar surface area (TPSA) is 76.6 Å². The van der Waals surface area contributed by atoms with Gasteiger partial charge in [0.15, 0.2) is 0 Å². The zero-order chi connectivity index (χ0) is 20.4. The number of anilines is 1. The lowest BCUT2D eigenvalue weighted by molar-refractivity contribution is -0.0123. The van der Waals surface area contributed by atoms with E-state index in [1.54, 1.807) is 12.4 Å². The van der Waals surface area contributed by atoms with Gasteiger partial charge in [0.05, 0.1) is 0 Å². The standard InChI is InChI=1S/C22H28N4O3/c1-22(2,3)29-21(27)25-18-6-4-15(5-7-18)17-12-23-20(24-13-17)28-19-14-26-10-8-16(19)9-11-26/h4-7,12-13,16,19H,8-11,14H2,1-3H3,(H,25,27). The van der Waals surface area contributed by atoms with Crippen molar-refractivity contribution in [2.75, 3.05) is 25.0 Å². The molecule has 29 heavy (non-hydrogen) atoms. The molecule has 1 N–H and O–H groups in total. The number of carbonyl (C=O) groups excluding carboxylic acids is 1. The van der Waals surface area contributed by atoms with Crippen molar-refractivity contribution in [1.82, 2.24) is 14.9 Å². The monoisotopic (exact) mass is 396 g/mol. The SMILES string of the molecule is CC(C)(C)OC(=O)Nc1ccc(-c2cnc(OC3CN4CCC3CC4)nc2)cc1. The molecule has 154 valence electrons. The second-order valence-corrected chi connectivity index (χ2v) is 8.75. The van der Waals surface area contributed by atoms with Gasteiger partial charge in [-0.05, 0) is 70.3 Å². The van der Waals surface area contributed by atoms with Crippen LogP contribution in [0.15, 0.2) is 36.7 Å². The van der Waals surface area contributed by atoms with E-state index in [4.69, 9.17) is 9.47 Å². The lowest BCUT2D eigenvalue weighted by atomic mass is 9.86. The maximum Gasteiger partial charge on any atom is 0.412 e. The number of piperidine rings is 3. The highest BCUT2D eigenvalue weighted by Gasteiger charge is 2.35. The molecule has 0 aliphatic carbocycles. The molecule has 1 aromatic heterocycles. The number of fused-ring (bicyclic) bond motifs is 3. The van der Waals surface area contributed by atoms with E-state index < -0.39 is 11.7 Å². The summed E-state index contributed by atoms with van der Waals surface area (Å²) in [4.78, 5) is 23.1. The molecule has 5 rings (SSSR count). The molecule has 3 aliphatic rings.